The number of ether oxygens (including phenoxy) is 1. The Morgan fingerprint density at radius 2 is 1.92 bits per heavy atom. The molecule has 0 aliphatic heterocycles. The molecule has 1 aromatic carbocycles. The number of rotatable bonds is 10. The molecule has 0 radical (unpaired) electrons. The van der Waals surface area contributed by atoms with Gasteiger partial charge >= 0.3 is 13.7 Å². The molecule has 1 rings (SSSR count). The number of benzene rings is 1. The lowest BCUT2D eigenvalue weighted by atomic mass is 10.2. The standard InChI is InChI=1S/C15H25N2O5PS/c1-20-23(19,21-2)10-6-9-13(24)14(16)17-15(18)22-11-12-7-4-3-5-8-12/h3-5,7-8,13-14,24H,6,9-11,16H2,1-2H3,(H,17,18). The summed E-state index contributed by atoms with van der Waals surface area (Å²) in [6.45, 7) is 0.168. The predicted octanol–water partition coefficient (Wildman–Crippen LogP) is 2.76. The van der Waals surface area contributed by atoms with Crippen molar-refractivity contribution >= 4 is 26.3 Å². The smallest absolute Gasteiger partial charge is 0.408 e. The number of hydrogen-bond donors (Lipinski definition) is 3. The van der Waals surface area contributed by atoms with Gasteiger partial charge in [0, 0.05) is 19.5 Å². The first-order valence-corrected chi connectivity index (χ1v) is 9.76. The average Bonchev–Trinajstić information content (AvgIpc) is 2.60. The van der Waals surface area contributed by atoms with Gasteiger partial charge in [0.05, 0.1) is 12.3 Å². The third-order valence-corrected chi connectivity index (χ3v) is 5.96. The number of carbonyl (C=O) groups excluding carboxylic acids is 1. The van der Waals surface area contributed by atoms with Crippen molar-refractivity contribution in [1.82, 2.24) is 5.32 Å². The zero-order valence-electron chi connectivity index (χ0n) is 13.9. The largest absolute Gasteiger partial charge is 0.445 e. The summed E-state index contributed by atoms with van der Waals surface area (Å²) in [4.78, 5) is 11.7. The molecule has 0 fully saturated rings. The molecule has 2 atom stereocenters. The third kappa shape index (κ3) is 7.68. The van der Waals surface area contributed by atoms with E-state index in [2.05, 4.69) is 17.9 Å². The number of nitrogens with two attached hydrogens (primary N) is 1. The van der Waals surface area contributed by atoms with Crippen molar-refractivity contribution < 1.29 is 23.1 Å². The van der Waals surface area contributed by atoms with Crippen LogP contribution in [-0.2, 0) is 25.0 Å². The fourth-order valence-corrected chi connectivity index (χ4v) is 3.27. The van der Waals surface area contributed by atoms with Crippen molar-refractivity contribution in [1.29, 1.82) is 0 Å². The molecule has 0 saturated heterocycles. The van der Waals surface area contributed by atoms with E-state index in [4.69, 9.17) is 19.5 Å². The highest BCUT2D eigenvalue weighted by atomic mass is 32.1. The van der Waals surface area contributed by atoms with Crippen molar-refractivity contribution in [2.24, 2.45) is 5.73 Å². The fraction of sp³-hybridized carbons (Fsp3) is 0.533. The van der Waals surface area contributed by atoms with Crippen LogP contribution in [0.1, 0.15) is 18.4 Å². The lowest BCUT2D eigenvalue weighted by molar-refractivity contribution is 0.135. The molecule has 1 aromatic rings. The van der Waals surface area contributed by atoms with Crippen molar-refractivity contribution in [3.8, 4) is 0 Å². The minimum absolute atomic E-state index is 0.168. The van der Waals surface area contributed by atoms with Crippen LogP contribution in [0.3, 0.4) is 0 Å². The van der Waals surface area contributed by atoms with Gasteiger partial charge in [-0.1, -0.05) is 30.3 Å². The van der Waals surface area contributed by atoms with Gasteiger partial charge in [-0.2, -0.15) is 12.6 Å². The Morgan fingerprint density at radius 1 is 1.29 bits per heavy atom. The molecular weight excluding hydrogens is 351 g/mol. The lowest BCUT2D eigenvalue weighted by Crippen LogP contribution is -2.47. The normalized spacial score (nSPS) is 14.0. The first kappa shape index (κ1) is 21.0. The Bertz CT molecular complexity index is 538. The molecule has 0 bridgehead atoms. The molecule has 0 heterocycles. The quantitative estimate of drug-likeness (QED) is 0.330. The summed E-state index contributed by atoms with van der Waals surface area (Å²) in [6.07, 6.45) is 0.0648. The molecular formula is C15H25N2O5PS. The molecule has 2 unspecified atom stereocenters. The van der Waals surface area contributed by atoms with E-state index in [1.54, 1.807) is 0 Å². The van der Waals surface area contributed by atoms with Gasteiger partial charge in [0.15, 0.2) is 0 Å². The van der Waals surface area contributed by atoms with Crippen LogP contribution in [0.2, 0.25) is 0 Å². The van der Waals surface area contributed by atoms with E-state index in [1.165, 1.54) is 14.2 Å². The summed E-state index contributed by atoms with van der Waals surface area (Å²) in [6, 6.07) is 9.34. The molecule has 3 N–H and O–H groups in total. The Morgan fingerprint density at radius 3 is 2.50 bits per heavy atom. The number of thiol groups is 1. The van der Waals surface area contributed by atoms with Crippen LogP contribution in [0.25, 0.3) is 0 Å². The first-order chi connectivity index (χ1) is 11.4. The summed E-state index contributed by atoms with van der Waals surface area (Å²) in [5.41, 5.74) is 6.77. The highest BCUT2D eigenvalue weighted by Crippen LogP contribution is 2.47. The maximum Gasteiger partial charge on any atom is 0.408 e. The number of nitrogens with one attached hydrogen (secondary N) is 1. The zero-order valence-corrected chi connectivity index (χ0v) is 15.7. The molecule has 1 amide bonds. The van der Waals surface area contributed by atoms with E-state index in [-0.39, 0.29) is 18.0 Å². The molecule has 24 heavy (non-hydrogen) atoms. The van der Waals surface area contributed by atoms with Crippen molar-refractivity contribution in [3.05, 3.63) is 35.9 Å². The minimum Gasteiger partial charge on any atom is -0.445 e. The van der Waals surface area contributed by atoms with Crippen molar-refractivity contribution in [3.63, 3.8) is 0 Å². The molecule has 0 aromatic heterocycles. The number of hydrogen-bond acceptors (Lipinski definition) is 7. The molecule has 0 aliphatic rings. The SMILES string of the molecule is COP(=O)(CCCC(S)C(N)NC(=O)OCc1ccccc1)OC. The molecule has 136 valence electrons. The predicted molar refractivity (Wildman–Crippen MR) is 96.2 cm³/mol. The van der Waals surface area contributed by atoms with Crippen LogP contribution in [-0.4, -0.2) is 37.9 Å². The molecule has 0 aliphatic carbocycles. The first-order valence-electron chi connectivity index (χ1n) is 7.51. The maximum atomic E-state index is 11.9. The number of carbonyl (C=O) groups is 1. The van der Waals surface area contributed by atoms with E-state index >= 15 is 0 Å². The number of alkyl carbamates (subject to hydrolysis) is 1. The van der Waals surface area contributed by atoms with Gasteiger partial charge in [-0.05, 0) is 18.4 Å². The molecule has 7 nitrogen and oxygen atoms in total. The summed E-state index contributed by atoms with van der Waals surface area (Å²) in [5, 5.41) is 2.23. The van der Waals surface area contributed by atoms with Gasteiger partial charge in [-0.3, -0.25) is 4.57 Å². The highest BCUT2D eigenvalue weighted by molar-refractivity contribution is 7.81. The van der Waals surface area contributed by atoms with Gasteiger partial charge in [0.2, 0.25) is 0 Å². The Balaban J connectivity index is 2.29. The van der Waals surface area contributed by atoms with E-state index in [0.717, 1.165) is 5.56 Å². The van der Waals surface area contributed by atoms with E-state index in [0.29, 0.717) is 12.8 Å². The molecule has 0 spiro atoms. The van der Waals surface area contributed by atoms with Crippen LogP contribution in [0, 0.1) is 0 Å². The maximum absolute atomic E-state index is 11.9. The van der Waals surface area contributed by atoms with Crippen molar-refractivity contribution in [2.45, 2.75) is 30.9 Å². The van der Waals surface area contributed by atoms with Crippen LogP contribution < -0.4 is 11.1 Å². The second-order valence-electron chi connectivity index (χ2n) is 5.14. The Hall–Kier alpha value is -1.05. The van der Waals surface area contributed by atoms with Crippen LogP contribution in [0.4, 0.5) is 4.79 Å². The van der Waals surface area contributed by atoms with Crippen LogP contribution >= 0.6 is 20.2 Å². The topological polar surface area (TPSA) is 99.9 Å². The number of amides is 1. The summed E-state index contributed by atoms with van der Waals surface area (Å²) >= 11 is 4.36. The van der Waals surface area contributed by atoms with Gasteiger partial charge < -0.3 is 24.8 Å². The summed E-state index contributed by atoms with van der Waals surface area (Å²) < 4.78 is 26.7. The fourth-order valence-electron chi connectivity index (χ4n) is 1.93. The van der Waals surface area contributed by atoms with Crippen LogP contribution in [0.5, 0.6) is 0 Å². The van der Waals surface area contributed by atoms with Crippen LogP contribution in [0.15, 0.2) is 30.3 Å². The minimum atomic E-state index is -3.03. The monoisotopic (exact) mass is 376 g/mol. The second kappa shape index (κ2) is 10.7. The third-order valence-electron chi connectivity index (χ3n) is 3.40. The van der Waals surface area contributed by atoms with E-state index in [9.17, 15) is 9.36 Å². The Labute approximate surface area is 148 Å². The lowest BCUT2D eigenvalue weighted by Gasteiger charge is -2.21. The van der Waals surface area contributed by atoms with E-state index < -0.39 is 19.9 Å². The van der Waals surface area contributed by atoms with E-state index in [1.807, 2.05) is 30.3 Å². The van der Waals surface area contributed by atoms with Gasteiger partial charge in [0.25, 0.3) is 0 Å². The summed E-state index contributed by atoms with van der Waals surface area (Å²) in [5.74, 6) is 0. The van der Waals surface area contributed by atoms with Crippen molar-refractivity contribution in [2.75, 3.05) is 20.4 Å². The average molecular weight is 376 g/mol. The molecule has 0 saturated carbocycles. The molecule has 9 heteroatoms. The van der Waals surface area contributed by atoms with Gasteiger partial charge in [-0.15, -0.1) is 0 Å². The summed E-state index contributed by atoms with van der Waals surface area (Å²) in [7, 11) is -0.335. The van der Waals surface area contributed by atoms with Gasteiger partial charge in [-0.25, -0.2) is 4.79 Å². The zero-order chi connectivity index (χ0) is 18.0. The van der Waals surface area contributed by atoms with Gasteiger partial charge in [0.1, 0.15) is 6.61 Å². The second-order valence-corrected chi connectivity index (χ2v) is 8.20. The Kier molecular flexibility index (Phi) is 9.39. The highest BCUT2D eigenvalue weighted by Gasteiger charge is 2.22.